The van der Waals surface area contributed by atoms with E-state index in [1.165, 1.54) is 12.4 Å². The van der Waals surface area contributed by atoms with E-state index in [2.05, 4.69) is 15.1 Å². The molecule has 96 valence electrons. The van der Waals surface area contributed by atoms with Gasteiger partial charge in [0, 0.05) is 23.2 Å². The number of rotatable bonds is 2. The van der Waals surface area contributed by atoms with Crippen molar-refractivity contribution < 1.29 is 4.39 Å². The van der Waals surface area contributed by atoms with Crippen LogP contribution in [0.15, 0.2) is 36.8 Å². The third-order valence-corrected chi connectivity index (χ3v) is 2.99. The molecule has 0 aliphatic carbocycles. The second-order valence-electron chi connectivity index (χ2n) is 4.65. The van der Waals surface area contributed by atoms with Crippen LogP contribution in [-0.4, -0.2) is 19.7 Å². The lowest BCUT2D eigenvalue weighted by Gasteiger charge is -2.09. The number of nitrogens with zero attached hydrogens (tertiary/aromatic N) is 4. The summed E-state index contributed by atoms with van der Waals surface area (Å²) < 4.78 is 15.6. The smallest absolute Gasteiger partial charge is 0.159 e. The molecule has 0 saturated heterocycles. The van der Waals surface area contributed by atoms with E-state index in [9.17, 15) is 4.39 Å². The highest BCUT2D eigenvalue weighted by Gasteiger charge is 2.12. The van der Waals surface area contributed by atoms with E-state index < -0.39 is 0 Å². The summed E-state index contributed by atoms with van der Waals surface area (Å²) >= 11 is 0. The molecule has 0 fully saturated rings. The van der Waals surface area contributed by atoms with Crippen LogP contribution >= 0.6 is 0 Å². The summed E-state index contributed by atoms with van der Waals surface area (Å²) in [6, 6.07) is 6.83. The Labute approximate surface area is 109 Å². The second kappa shape index (κ2) is 4.42. The van der Waals surface area contributed by atoms with Crippen LogP contribution in [0.3, 0.4) is 0 Å². The zero-order valence-electron chi connectivity index (χ0n) is 10.7. The molecule has 3 rings (SSSR count). The molecule has 0 aliphatic rings. The summed E-state index contributed by atoms with van der Waals surface area (Å²) in [5.74, 6) is 0.426. The van der Waals surface area contributed by atoms with Gasteiger partial charge in [-0.15, -0.1) is 0 Å². The first-order chi connectivity index (χ1) is 9.16. The highest BCUT2D eigenvalue weighted by molar-refractivity contribution is 5.82. The van der Waals surface area contributed by atoms with Crippen molar-refractivity contribution >= 4 is 10.9 Å². The normalized spacial score (nSPS) is 11.4. The van der Waals surface area contributed by atoms with E-state index in [0.29, 0.717) is 16.7 Å². The highest BCUT2D eigenvalue weighted by atomic mass is 19.1. The monoisotopic (exact) mass is 256 g/mol. The van der Waals surface area contributed by atoms with Gasteiger partial charge in [-0.2, -0.15) is 5.10 Å². The average molecular weight is 256 g/mol. The highest BCUT2D eigenvalue weighted by Crippen LogP contribution is 2.24. The molecule has 0 spiro atoms. The largest absolute Gasteiger partial charge is 0.255 e. The van der Waals surface area contributed by atoms with Crippen LogP contribution in [0.2, 0.25) is 0 Å². The van der Waals surface area contributed by atoms with E-state index in [1.807, 2.05) is 13.8 Å². The van der Waals surface area contributed by atoms with Crippen LogP contribution < -0.4 is 0 Å². The first-order valence-corrected chi connectivity index (χ1v) is 6.11. The second-order valence-corrected chi connectivity index (χ2v) is 4.65. The predicted octanol–water partition coefficient (Wildman–Crippen LogP) is 3.21. The van der Waals surface area contributed by atoms with Crippen LogP contribution in [0.5, 0.6) is 0 Å². The molecule has 5 heteroatoms. The molecule has 0 atom stereocenters. The average Bonchev–Trinajstić information content (AvgIpc) is 2.88. The number of aromatic nitrogens is 4. The van der Waals surface area contributed by atoms with E-state index >= 15 is 0 Å². The maximum Gasteiger partial charge on any atom is 0.159 e. The van der Waals surface area contributed by atoms with Gasteiger partial charge in [-0.3, -0.25) is 4.98 Å². The minimum Gasteiger partial charge on any atom is -0.255 e. The molecule has 0 saturated carbocycles. The summed E-state index contributed by atoms with van der Waals surface area (Å²) in [7, 11) is 0. The van der Waals surface area contributed by atoms with E-state index in [1.54, 1.807) is 29.1 Å². The van der Waals surface area contributed by atoms with Gasteiger partial charge in [0.15, 0.2) is 5.82 Å². The van der Waals surface area contributed by atoms with Crippen molar-refractivity contribution in [3.8, 4) is 11.4 Å². The fourth-order valence-corrected chi connectivity index (χ4v) is 2.07. The van der Waals surface area contributed by atoms with Gasteiger partial charge >= 0.3 is 0 Å². The molecular formula is C14H13FN4. The molecule has 0 amide bonds. The number of fused-ring (bicyclic) bond motifs is 1. The Balaban J connectivity index is 2.20. The maximum absolute atomic E-state index is 13.8. The van der Waals surface area contributed by atoms with Gasteiger partial charge in [-0.1, -0.05) is 6.07 Å². The first kappa shape index (κ1) is 11.8. The first-order valence-electron chi connectivity index (χ1n) is 6.11. The van der Waals surface area contributed by atoms with E-state index in [0.717, 1.165) is 5.56 Å². The van der Waals surface area contributed by atoms with Crippen molar-refractivity contribution in [1.29, 1.82) is 0 Å². The van der Waals surface area contributed by atoms with Crippen molar-refractivity contribution in [2.45, 2.75) is 19.9 Å². The van der Waals surface area contributed by atoms with Crippen molar-refractivity contribution in [1.82, 2.24) is 19.7 Å². The Kier molecular flexibility index (Phi) is 2.74. The molecule has 2 heterocycles. The van der Waals surface area contributed by atoms with Crippen LogP contribution in [0.25, 0.3) is 22.3 Å². The number of hydrogen-bond acceptors (Lipinski definition) is 3. The standard InChI is InChI=1S/C14H13FN4/c1-9(2)19-14(17-8-18-19)10-6-11-12(15)4-3-5-13(11)16-7-10/h3-9H,1-2H3. The Morgan fingerprint density at radius 2 is 2.05 bits per heavy atom. The number of pyridine rings is 1. The van der Waals surface area contributed by atoms with Crippen LogP contribution in [0, 0.1) is 5.82 Å². The Hall–Kier alpha value is -2.30. The Morgan fingerprint density at radius 1 is 1.21 bits per heavy atom. The van der Waals surface area contributed by atoms with Gasteiger partial charge in [-0.25, -0.2) is 14.1 Å². The molecule has 2 aromatic heterocycles. The molecule has 0 N–H and O–H groups in total. The summed E-state index contributed by atoms with van der Waals surface area (Å²) in [4.78, 5) is 8.51. The fraction of sp³-hybridized carbons (Fsp3) is 0.214. The molecule has 4 nitrogen and oxygen atoms in total. The predicted molar refractivity (Wildman–Crippen MR) is 71.1 cm³/mol. The zero-order chi connectivity index (χ0) is 13.4. The lowest BCUT2D eigenvalue weighted by atomic mass is 10.1. The van der Waals surface area contributed by atoms with E-state index in [-0.39, 0.29) is 11.9 Å². The molecule has 3 aromatic rings. The Morgan fingerprint density at radius 3 is 2.84 bits per heavy atom. The summed E-state index contributed by atoms with van der Waals surface area (Å²) in [5.41, 5.74) is 1.41. The van der Waals surface area contributed by atoms with Crippen LogP contribution in [0.1, 0.15) is 19.9 Å². The number of benzene rings is 1. The number of hydrogen-bond donors (Lipinski definition) is 0. The van der Waals surface area contributed by atoms with Crippen molar-refractivity contribution in [2.75, 3.05) is 0 Å². The third kappa shape index (κ3) is 1.97. The number of halogens is 1. The van der Waals surface area contributed by atoms with Crippen LogP contribution in [0.4, 0.5) is 4.39 Å². The van der Waals surface area contributed by atoms with E-state index in [4.69, 9.17) is 0 Å². The van der Waals surface area contributed by atoms with Crippen molar-refractivity contribution in [3.63, 3.8) is 0 Å². The molecule has 1 aromatic carbocycles. The molecule has 19 heavy (non-hydrogen) atoms. The molecule has 0 radical (unpaired) electrons. The fourth-order valence-electron chi connectivity index (χ4n) is 2.07. The van der Waals surface area contributed by atoms with Crippen LogP contribution in [-0.2, 0) is 0 Å². The molecule has 0 aliphatic heterocycles. The lowest BCUT2D eigenvalue weighted by molar-refractivity contribution is 0.537. The third-order valence-electron chi connectivity index (χ3n) is 2.99. The van der Waals surface area contributed by atoms with Crippen molar-refractivity contribution in [3.05, 3.63) is 42.6 Å². The summed E-state index contributed by atoms with van der Waals surface area (Å²) in [6.45, 7) is 4.04. The minimum absolute atomic E-state index is 0.189. The van der Waals surface area contributed by atoms with Gasteiger partial charge in [-0.05, 0) is 32.0 Å². The van der Waals surface area contributed by atoms with Gasteiger partial charge in [0.2, 0.25) is 0 Å². The summed E-state index contributed by atoms with van der Waals surface area (Å²) in [5, 5.41) is 4.68. The molecule has 0 bridgehead atoms. The SMILES string of the molecule is CC(C)n1ncnc1-c1cnc2cccc(F)c2c1. The lowest BCUT2D eigenvalue weighted by Crippen LogP contribution is -2.05. The molecular weight excluding hydrogens is 243 g/mol. The molecule has 0 unspecified atom stereocenters. The maximum atomic E-state index is 13.8. The zero-order valence-corrected chi connectivity index (χ0v) is 10.7. The van der Waals surface area contributed by atoms with Gasteiger partial charge in [0.25, 0.3) is 0 Å². The van der Waals surface area contributed by atoms with Gasteiger partial charge in [0.1, 0.15) is 12.1 Å². The minimum atomic E-state index is -0.275. The quantitative estimate of drug-likeness (QED) is 0.707. The van der Waals surface area contributed by atoms with Gasteiger partial charge < -0.3 is 0 Å². The van der Waals surface area contributed by atoms with Crippen molar-refractivity contribution in [2.24, 2.45) is 0 Å². The Bertz CT molecular complexity index is 733. The van der Waals surface area contributed by atoms with Gasteiger partial charge in [0.05, 0.1) is 5.52 Å². The topological polar surface area (TPSA) is 43.6 Å². The summed E-state index contributed by atoms with van der Waals surface area (Å²) in [6.07, 6.45) is 3.20.